The first kappa shape index (κ1) is 20.5. The Morgan fingerprint density at radius 1 is 1.00 bits per heavy atom. The summed E-state index contributed by atoms with van der Waals surface area (Å²) >= 11 is 6.10. The van der Waals surface area contributed by atoms with Gasteiger partial charge in [-0.15, -0.1) is 0 Å². The molecule has 1 aliphatic rings. The third-order valence-corrected chi connectivity index (χ3v) is 5.53. The summed E-state index contributed by atoms with van der Waals surface area (Å²) in [4.78, 5) is 20.7. The Bertz CT molecular complexity index is 1080. The summed E-state index contributed by atoms with van der Waals surface area (Å²) in [5.74, 6) is 0.254. The minimum Gasteiger partial charge on any atom is -0.354 e. The van der Waals surface area contributed by atoms with Crippen LogP contribution < -0.4 is 4.90 Å². The van der Waals surface area contributed by atoms with Gasteiger partial charge in [0.1, 0.15) is 5.82 Å². The lowest BCUT2D eigenvalue weighted by atomic mass is 10.0. The van der Waals surface area contributed by atoms with E-state index in [1.165, 1.54) is 0 Å². The second-order valence-electron chi connectivity index (χ2n) is 7.19. The maximum absolute atomic E-state index is 13.2. The van der Waals surface area contributed by atoms with Crippen LogP contribution in [0.4, 0.5) is 19.0 Å². The van der Waals surface area contributed by atoms with Crippen molar-refractivity contribution in [3.05, 3.63) is 70.9 Å². The van der Waals surface area contributed by atoms with E-state index in [9.17, 15) is 18.0 Å². The zero-order chi connectivity index (χ0) is 21.3. The molecule has 0 unspecified atom stereocenters. The van der Waals surface area contributed by atoms with Gasteiger partial charge in [-0.3, -0.25) is 4.79 Å². The number of hydrogen-bond acceptors (Lipinski definition) is 3. The molecule has 30 heavy (non-hydrogen) atoms. The van der Waals surface area contributed by atoms with Crippen molar-refractivity contribution in [2.24, 2.45) is 0 Å². The van der Waals surface area contributed by atoms with Crippen LogP contribution >= 0.6 is 11.6 Å². The number of carbonyl (C=O) groups is 1. The van der Waals surface area contributed by atoms with Crippen molar-refractivity contribution in [2.45, 2.75) is 12.6 Å². The highest BCUT2D eigenvalue weighted by atomic mass is 35.5. The second-order valence-corrected chi connectivity index (χ2v) is 7.59. The molecule has 2 aromatic carbocycles. The van der Waals surface area contributed by atoms with Gasteiger partial charge in [0.2, 0.25) is 0 Å². The molecule has 0 radical (unpaired) electrons. The highest BCUT2D eigenvalue weighted by molar-refractivity contribution is 6.33. The number of alkyl halides is 3. The number of anilines is 1. The van der Waals surface area contributed by atoms with E-state index in [0.29, 0.717) is 44.0 Å². The summed E-state index contributed by atoms with van der Waals surface area (Å²) in [6, 6.07) is 14.3. The molecule has 0 bridgehead atoms. The first-order chi connectivity index (χ1) is 14.3. The topological polar surface area (TPSA) is 36.4 Å². The third kappa shape index (κ3) is 4.07. The molecule has 3 aromatic rings. The number of aromatic nitrogens is 1. The number of nitrogens with zero attached hydrogens (tertiary/aromatic N) is 3. The van der Waals surface area contributed by atoms with Gasteiger partial charge < -0.3 is 9.80 Å². The molecule has 8 heteroatoms. The van der Waals surface area contributed by atoms with Gasteiger partial charge >= 0.3 is 6.18 Å². The molecule has 0 aliphatic carbocycles. The molecule has 4 rings (SSSR count). The zero-order valence-corrected chi connectivity index (χ0v) is 16.7. The molecule has 4 nitrogen and oxygen atoms in total. The van der Waals surface area contributed by atoms with Crippen LogP contribution in [0.1, 0.15) is 22.3 Å². The average molecular weight is 434 g/mol. The monoisotopic (exact) mass is 433 g/mol. The molecule has 1 amide bonds. The molecule has 1 aromatic heterocycles. The predicted octanol–water partition coefficient (Wildman–Crippen LogP) is 5.26. The molecule has 2 heterocycles. The molecule has 1 saturated heterocycles. The third-order valence-electron chi connectivity index (χ3n) is 5.25. The first-order valence-corrected chi connectivity index (χ1v) is 9.97. The van der Waals surface area contributed by atoms with E-state index < -0.39 is 11.7 Å². The number of amides is 1. The zero-order valence-electron chi connectivity index (χ0n) is 16.0. The van der Waals surface area contributed by atoms with Crippen molar-refractivity contribution in [1.29, 1.82) is 0 Å². The number of fused-ring (bicyclic) bond motifs is 1. The number of hydrogen-bond donors (Lipinski definition) is 0. The fourth-order valence-corrected chi connectivity index (χ4v) is 4.02. The standard InChI is InChI=1S/C22H19ClF3N3O/c23-19-13-16(22(24,25)26)14-27-20(19)28-9-4-10-29(12-11-28)21(30)18-8-3-6-15-5-1-2-7-17(15)18/h1-3,5-8,13-14H,4,9-12H2. The predicted molar refractivity (Wildman–Crippen MR) is 111 cm³/mol. The molecule has 1 aliphatic heterocycles. The van der Waals surface area contributed by atoms with E-state index in [2.05, 4.69) is 4.98 Å². The summed E-state index contributed by atoms with van der Waals surface area (Å²) in [5.41, 5.74) is -0.230. The molecule has 0 N–H and O–H groups in total. The van der Waals surface area contributed by atoms with E-state index in [1.807, 2.05) is 47.4 Å². The first-order valence-electron chi connectivity index (χ1n) is 9.59. The Kier molecular flexibility index (Phi) is 5.56. The van der Waals surface area contributed by atoms with Crippen molar-refractivity contribution in [3.8, 4) is 0 Å². The van der Waals surface area contributed by atoms with Crippen LogP contribution in [0.5, 0.6) is 0 Å². The molecular formula is C22H19ClF3N3O. The smallest absolute Gasteiger partial charge is 0.354 e. The number of benzene rings is 2. The van der Waals surface area contributed by atoms with Crippen LogP contribution in [-0.4, -0.2) is 42.0 Å². The Morgan fingerprint density at radius 3 is 2.53 bits per heavy atom. The summed E-state index contributed by atoms with van der Waals surface area (Å²) in [6.07, 6.45) is -3.03. The summed E-state index contributed by atoms with van der Waals surface area (Å²) < 4.78 is 38.6. The van der Waals surface area contributed by atoms with Gasteiger partial charge in [0.15, 0.2) is 0 Å². The fourth-order valence-electron chi connectivity index (χ4n) is 3.73. The number of pyridine rings is 1. The van der Waals surface area contributed by atoms with E-state index in [0.717, 1.165) is 23.0 Å². The molecule has 156 valence electrons. The van der Waals surface area contributed by atoms with E-state index >= 15 is 0 Å². The van der Waals surface area contributed by atoms with Gasteiger partial charge in [-0.05, 0) is 29.3 Å². The highest BCUT2D eigenvalue weighted by Gasteiger charge is 2.32. The van der Waals surface area contributed by atoms with Crippen molar-refractivity contribution in [2.75, 3.05) is 31.1 Å². The molecule has 0 atom stereocenters. The summed E-state index contributed by atoms with van der Waals surface area (Å²) in [7, 11) is 0. The van der Waals surface area contributed by atoms with E-state index in [4.69, 9.17) is 11.6 Å². The lowest BCUT2D eigenvalue weighted by molar-refractivity contribution is -0.137. The van der Waals surface area contributed by atoms with Gasteiger partial charge in [-0.1, -0.05) is 48.0 Å². The van der Waals surface area contributed by atoms with E-state index in [1.54, 1.807) is 4.90 Å². The fraction of sp³-hybridized carbons (Fsp3) is 0.273. The molecule has 0 spiro atoms. The normalized spacial score (nSPS) is 15.3. The Morgan fingerprint density at radius 2 is 1.77 bits per heavy atom. The minimum absolute atomic E-state index is 0.0429. The number of rotatable bonds is 2. The Labute approximate surface area is 176 Å². The van der Waals surface area contributed by atoms with Crippen LogP contribution in [0.15, 0.2) is 54.7 Å². The number of carbonyl (C=O) groups excluding carboxylic acids is 1. The van der Waals surface area contributed by atoms with Gasteiger partial charge in [0.05, 0.1) is 10.6 Å². The Balaban J connectivity index is 1.52. The summed E-state index contributed by atoms with van der Waals surface area (Å²) in [5, 5.41) is 1.86. The summed E-state index contributed by atoms with van der Waals surface area (Å²) in [6.45, 7) is 1.98. The number of halogens is 4. The highest BCUT2D eigenvalue weighted by Crippen LogP contribution is 2.33. The molecule has 0 saturated carbocycles. The van der Waals surface area contributed by atoms with Crippen LogP contribution in [0.25, 0.3) is 10.8 Å². The van der Waals surface area contributed by atoms with Crippen molar-refractivity contribution >= 4 is 34.1 Å². The van der Waals surface area contributed by atoms with Gasteiger partial charge in [0, 0.05) is 37.9 Å². The lowest BCUT2D eigenvalue weighted by Gasteiger charge is -2.24. The van der Waals surface area contributed by atoms with Gasteiger partial charge in [-0.2, -0.15) is 13.2 Å². The Hall–Kier alpha value is -2.80. The second kappa shape index (κ2) is 8.14. The van der Waals surface area contributed by atoms with Crippen LogP contribution in [0.3, 0.4) is 0 Å². The maximum atomic E-state index is 13.2. The van der Waals surface area contributed by atoms with Crippen molar-refractivity contribution < 1.29 is 18.0 Å². The van der Waals surface area contributed by atoms with Crippen LogP contribution in [-0.2, 0) is 6.18 Å². The van der Waals surface area contributed by atoms with Crippen molar-refractivity contribution in [3.63, 3.8) is 0 Å². The lowest BCUT2D eigenvalue weighted by Crippen LogP contribution is -2.35. The average Bonchev–Trinajstić information content (AvgIpc) is 2.98. The molecule has 1 fully saturated rings. The van der Waals surface area contributed by atoms with Crippen LogP contribution in [0.2, 0.25) is 5.02 Å². The van der Waals surface area contributed by atoms with Crippen LogP contribution in [0, 0.1) is 0 Å². The van der Waals surface area contributed by atoms with Gasteiger partial charge in [0.25, 0.3) is 5.91 Å². The van der Waals surface area contributed by atoms with E-state index in [-0.39, 0.29) is 10.9 Å². The van der Waals surface area contributed by atoms with Crippen molar-refractivity contribution in [1.82, 2.24) is 9.88 Å². The SMILES string of the molecule is O=C(c1cccc2ccccc12)N1CCCN(c2ncc(C(F)(F)F)cc2Cl)CC1. The molecular weight excluding hydrogens is 415 g/mol. The quantitative estimate of drug-likeness (QED) is 0.553. The largest absolute Gasteiger partial charge is 0.417 e. The maximum Gasteiger partial charge on any atom is 0.417 e. The minimum atomic E-state index is -4.49. The van der Waals surface area contributed by atoms with Gasteiger partial charge in [-0.25, -0.2) is 4.98 Å².